The number of methoxy groups -OCH3 is 1. The largest absolute Gasteiger partial charge is 0.496 e. The van der Waals surface area contributed by atoms with E-state index < -0.39 is 0 Å². The number of pyridine rings is 1. The highest BCUT2D eigenvalue weighted by molar-refractivity contribution is 6.06. The van der Waals surface area contributed by atoms with E-state index in [1.165, 1.54) is 0 Å². The van der Waals surface area contributed by atoms with Gasteiger partial charge in [-0.1, -0.05) is 6.07 Å². The van der Waals surface area contributed by atoms with Crippen molar-refractivity contribution in [2.45, 2.75) is 45.2 Å². The molecule has 1 aromatic carbocycles. The molecule has 3 aliphatic rings. The van der Waals surface area contributed by atoms with Gasteiger partial charge in [0.2, 0.25) is 5.91 Å². The Kier molecular flexibility index (Phi) is 6.33. The number of benzene rings is 1. The molecule has 10 nitrogen and oxygen atoms in total. The van der Waals surface area contributed by atoms with Crippen LogP contribution in [-0.4, -0.2) is 74.7 Å². The maximum absolute atomic E-state index is 13.4. The monoisotopic (exact) mass is 501 g/mol. The lowest BCUT2D eigenvalue weighted by atomic mass is 9.96. The first-order valence-corrected chi connectivity index (χ1v) is 13.0. The number of carbonyl (C=O) groups excluding carboxylic acids is 2. The molecule has 0 radical (unpaired) electrons. The Morgan fingerprint density at radius 1 is 1.00 bits per heavy atom. The van der Waals surface area contributed by atoms with E-state index in [4.69, 9.17) is 4.74 Å². The van der Waals surface area contributed by atoms with Crippen molar-refractivity contribution in [3.63, 3.8) is 0 Å². The van der Waals surface area contributed by atoms with Gasteiger partial charge in [0.15, 0.2) is 5.82 Å². The summed E-state index contributed by atoms with van der Waals surface area (Å²) >= 11 is 0. The number of rotatable bonds is 6. The van der Waals surface area contributed by atoms with Crippen LogP contribution in [-0.2, 0) is 30.7 Å². The van der Waals surface area contributed by atoms with Crippen LogP contribution >= 0.6 is 0 Å². The molecule has 192 valence electrons. The van der Waals surface area contributed by atoms with E-state index in [0.29, 0.717) is 35.9 Å². The number of hydrogen-bond donors (Lipinski definition) is 1. The average Bonchev–Trinajstić information content (AvgIpc) is 3.67. The van der Waals surface area contributed by atoms with Gasteiger partial charge in [-0.25, -0.2) is 4.98 Å². The summed E-state index contributed by atoms with van der Waals surface area (Å²) in [6.07, 6.45) is 4.96. The van der Waals surface area contributed by atoms with Gasteiger partial charge in [-0.3, -0.25) is 14.5 Å². The molecule has 1 saturated heterocycles. The Hall–Kier alpha value is -3.79. The number of ether oxygens (including phenoxy) is 1. The predicted octanol–water partition coefficient (Wildman–Crippen LogP) is 2.53. The number of nitrogens with one attached hydrogen (secondary N) is 1. The van der Waals surface area contributed by atoms with Crippen molar-refractivity contribution in [1.82, 2.24) is 29.5 Å². The molecule has 0 saturated carbocycles. The Balaban J connectivity index is 1.20. The quantitative estimate of drug-likeness (QED) is 0.553. The van der Waals surface area contributed by atoms with Gasteiger partial charge in [0.25, 0.3) is 5.91 Å². The molecule has 2 amide bonds. The topological polar surface area (TPSA) is 105 Å². The van der Waals surface area contributed by atoms with Crippen molar-refractivity contribution in [2.75, 3.05) is 38.6 Å². The summed E-state index contributed by atoms with van der Waals surface area (Å²) < 4.78 is 7.67. The number of likely N-dealkylation sites (tertiary alicyclic amines) is 1. The first-order chi connectivity index (χ1) is 18.1. The fourth-order valence-corrected chi connectivity index (χ4v) is 5.54. The zero-order chi connectivity index (χ0) is 25.4. The number of aryl methyl sites for hydroxylation is 1. The van der Waals surface area contributed by atoms with E-state index in [-0.39, 0.29) is 11.8 Å². The summed E-state index contributed by atoms with van der Waals surface area (Å²) in [4.78, 5) is 34.8. The third kappa shape index (κ3) is 4.69. The van der Waals surface area contributed by atoms with Crippen LogP contribution in [0.25, 0.3) is 11.5 Å². The molecular formula is C27H31N7O3. The van der Waals surface area contributed by atoms with Gasteiger partial charge in [-0.15, -0.1) is 10.2 Å². The molecule has 6 rings (SSSR count). The van der Waals surface area contributed by atoms with Crippen LogP contribution < -0.4 is 10.1 Å². The maximum atomic E-state index is 13.4. The van der Waals surface area contributed by atoms with E-state index >= 15 is 0 Å². The van der Waals surface area contributed by atoms with Crippen LogP contribution in [0.15, 0.2) is 30.3 Å². The van der Waals surface area contributed by atoms with Crippen molar-refractivity contribution in [3.8, 4) is 17.3 Å². The molecule has 1 N–H and O–H groups in total. The lowest BCUT2D eigenvalue weighted by Gasteiger charge is -2.30. The molecule has 3 aliphatic heterocycles. The molecule has 3 aromatic rings. The number of aromatic nitrogens is 4. The zero-order valence-electron chi connectivity index (χ0n) is 21.1. The van der Waals surface area contributed by atoms with Crippen molar-refractivity contribution in [3.05, 3.63) is 52.8 Å². The molecule has 0 bridgehead atoms. The fourth-order valence-electron chi connectivity index (χ4n) is 5.54. The summed E-state index contributed by atoms with van der Waals surface area (Å²) in [6, 6.07) is 9.34. The summed E-state index contributed by atoms with van der Waals surface area (Å²) in [5, 5.41) is 11.5. The average molecular weight is 502 g/mol. The normalized spacial score (nSPS) is 16.9. The van der Waals surface area contributed by atoms with Crippen molar-refractivity contribution >= 4 is 17.6 Å². The van der Waals surface area contributed by atoms with Crippen LogP contribution in [0.5, 0.6) is 5.75 Å². The Morgan fingerprint density at radius 2 is 1.86 bits per heavy atom. The molecule has 5 heterocycles. The Bertz CT molecular complexity index is 1350. The van der Waals surface area contributed by atoms with Crippen LogP contribution in [0.4, 0.5) is 5.82 Å². The van der Waals surface area contributed by atoms with E-state index in [0.717, 1.165) is 81.1 Å². The summed E-state index contributed by atoms with van der Waals surface area (Å²) in [5.41, 5.74) is 3.32. The highest BCUT2D eigenvalue weighted by Gasteiger charge is 2.26. The number of nitrogens with zero attached hydrogens (tertiary/aromatic N) is 6. The van der Waals surface area contributed by atoms with Gasteiger partial charge in [0.1, 0.15) is 23.1 Å². The SMILES string of the molecule is COc1cc2c(cc1C(=O)Nc1cccc(-c3nnc4n3CCC4)n1)CN(CC(=O)N1CCCC1)CC2. The lowest BCUT2D eigenvalue weighted by molar-refractivity contribution is -0.131. The van der Waals surface area contributed by atoms with Crippen LogP contribution in [0.1, 0.15) is 46.6 Å². The molecule has 1 fully saturated rings. The van der Waals surface area contributed by atoms with E-state index in [2.05, 4.69) is 30.0 Å². The summed E-state index contributed by atoms with van der Waals surface area (Å²) in [6.45, 7) is 4.45. The van der Waals surface area contributed by atoms with Gasteiger partial charge < -0.3 is 19.5 Å². The zero-order valence-corrected chi connectivity index (χ0v) is 21.1. The molecule has 37 heavy (non-hydrogen) atoms. The number of carbonyl (C=O) groups is 2. The summed E-state index contributed by atoms with van der Waals surface area (Å²) in [7, 11) is 1.58. The first-order valence-electron chi connectivity index (χ1n) is 13.0. The van der Waals surface area contributed by atoms with Crippen LogP contribution in [0, 0.1) is 0 Å². The summed E-state index contributed by atoms with van der Waals surface area (Å²) in [5.74, 6) is 2.57. The van der Waals surface area contributed by atoms with Crippen LogP contribution in [0.3, 0.4) is 0 Å². The van der Waals surface area contributed by atoms with Gasteiger partial charge in [0, 0.05) is 39.1 Å². The maximum Gasteiger partial charge on any atom is 0.260 e. The first kappa shape index (κ1) is 23.6. The molecule has 0 spiro atoms. The fraction of sp³-hybridized carbons (Fsp3) is 0.444. The molecule has 10 heteroatoms. The second kappa shape index (κ2) is 9.93. The van der Waals surface area contributed by atoms with Gasteiger partial charge in [0.05, 0.1) is 19.2 Å². The number of hydrogen-bond acceptors (Lipinski definition) is 7. The highest BCUT2D eigenvalue weighted by Crippen LogP contribution is 2.29. The second-order valence-corrected chi connectivity index (χ2v) is 9.93. The number of amides is 2. The van der Waals surface area contributed by atoms with Gasteiger partial charge >= 0.3 is 0 Å². The third-order valence-electron chi connectivity index (χ3n) is 7.50. The second-order valence-electron chi connectivity index (χ2n) is 9.93. The Morgan fingerprint density at radius 3 is 2.70 bits per heavy atom. The minimum absolute atomic E-state index is 0.191. The minimum atomic E-state index is -0.291. The van der Waals surface area contributed by atoms with E-state index in [1.54, 1.807) is 13.2 Å². The van der Waals surface area contributed by atoms with Crippen molar-refractivity contribution in [1.29, 1.82) is 0 Å². The predicted molar refractivity (Wildman–Crippen MR) is 137 cm³/mol. The molecule has 0 unspecified atom stereocenters. The third-order valence-corrected chi connectivity index (χ3v) is 7.50. The van der Waals surface area contributed by atoms with Crippen molar-refractivity contribution in [2.24, 2.45) is 0 Å². The van der Waals surface area contributed by atoms with E-state index in [9.17, 15) is 9.59 Å². The van der Waals surface area contributed by atoms with Gasteiger partial charge in [-0.2, -0.15) is 0 Å². The number of fused-ring (bicyclic) bond motifs is 2. The Labute approximate surface area is 215 Å². The van der Waals surface area contributed by atoms with Crippen LogP contribution in [0.2, 0.25) is 0 Å². The molecule has 2 aromatic heterocycles. The number of anilines is 1. The van der Waals surface area contributed by atoms with E-state index in [1.807, 2.05) is 29.2 Å². The minimum Gasteiger partial charge on any atom is -0.496 e. The highest BCUT2D eigenvalue weighted by atomic mass is 16.5. The molecule has 0 aliphatic carbocycles. The smallest absolute Gasteiger partial charge is 0.260 e. The van der Waals surface area contributed by atoms with Gasteiger partial charge in [-0.05, 0) is 61.1 Å². The lowest BCUT2D eigenvalue weighted by Crippen LogP contribution is -2.41. The van der Waals surface area contributed by atoms with Crippen molar-refractivity contribution < 1.29 is 14.3 Å². The standard InChI is InChI=1S/C27H31N7O3/c1-37-22-15-18-9-13-32(17-25(35)33-10-2-3-11-33)16-19(18)14-20(22)27(36)29-23-7-4-6-21(28-23)26-31-30-24-8-5-12-34(24)26/h4,6-7,14-15H,2-3,5,8-13,16-17H2,1H3,(H,28,29,36). The molecular weight excluding hydrogens is 470 g/mol. The molecule has 0 atom stereocenters.